The Labute approximate surface area is 285 Å². The Bertz CT molecular complexity index is 3130. The SMILES string of the molecule is c1ccc2cc(N(c3ccc4c(c3)oc3cccc(-c5nc6c(ccc7ccccc76)o5)c34)c3cccc4c3oc3ccccc34)ccc2c1. The van der Waals surface area contributed by atoms with Gasteiger partial charge in [-0.3, -0.25) is 0 Å². The largest absolute Gasteiger partial charge is 0.456 e. The van der Waals surface area contributed by atoms with E-state index in [4.69, 9.17) is 18.2 Å². The summed E-state index contributed by atoms with van der Waals surface area (Å²) in [5, 5.41) is 8.68. The highest BCUT2D eigenvalue weighted by Gasteiger charge is 2.22. The van der Waals surface area contributed by atoms with E-state index in [1.165, 1.54) is 5.39 Å². The highest BCUT2D eigenvalue weighted by atomic mass is 16.4. The number of benzene rings is 8. The van der Waals surface area contributed by atoms with Crippen molar-refractivity contribution in [3.8, 4) is 11.5 Å². The molecule has 0 fully saturated rings. The Balaban J connectivity index is 1.13. The number of hydrogen-bond donors (Lipinski definition) is 0. The maximum absolute atomic E-state index is 6.61. The minimum atomic E-state index is 0.572. The van der Waals surface area contributed by atoms with Crippen LogP contribution in [0.1, 0.15) is 0 Å². The molecule has 8 aromatic carbocycles. The maximum atomic E-state index is 6.61. The molecule has 11 aromatic rings. The van der Waals surface area contributed by atoms with E-state index < -0.39 is 0 Å². The molecule has 0 N–H and O–H groups in total. The third-order valence-electron chi connectivity index (χ3n) is 9.87. The third-order valence-corrected chi connectivity index (χ3v) is 9.87. The summed E-state index contributed by atoms with van der Waals surface area (Å²) in [7, 11) is 0. The van der Waals surface area contributed by atoms with Crippen LogP contribution in [0.4, 0.5) is 17.1 Å². The first-order valence-electron chi connectivity index (χ1n) is 16.7. The Morgan fingerprint density at radius 1 is 0.420 bits per heavy atom. The van der Waals surface area contributed by atoms with Crippen LogP contribution in [-0.4, -0.2) is 4.98 Å². The number of furan rings is 2. The zero-order chi connectivity index (χ0) is 32.8. The van der Waals surface area contributed by atoms with E-state index in [1.54, 1.807) is 0 Å². The smallest absolute Gasteiger partial charge is 0.228 e. The van der Waals surface area contributed by atoms with Gasteiger partial charge in [-0.2, -0.15) is 0 Å². The molecule has 0 saturated heterocycles. The van der Waals surface area contributed by atoms with Crippen LogP contribution < -0.4 is 4.90 Å². The van der Waals surface area contributed by atoms with E-state index in [0.29, 0.717) is 5.89 Å². The van der Waals surface area contributed by atoms with Gasteiger partial charge in [-0.15, -0.1) is 0 Å². The first-order chi connectivity index (χ1) is 24.8. The topological polar surface area (TPSA) is 55.6 Å². The van der Waals surface area contributed by atoms with Crippen LogP contribution in [0.3, 0.4) is 0 Å². The number of anilines is 3. The standard InChI is InChI=1S/C45H26N2O3/c1-2-11-29-25-30(21-19-27(29)9-1)47(37-16-7-14-34-33-13-5-6-17-38(33)49-44(34)37)31-22-23-35-41(26-31)48-39-18-8-15-36(42(35)39)45-46-43-32-12-4-3-10-28(32)20-24-40(43)50-45/h1-26H. The van der Waals surface area contributed by atoms with Gasteiger partial charge in [-0.05, 0) is 70.8 Å². The lowest BCUT2D eigenvalue weighted by molar-refractivity contribution is 0.620. The normalized spacial score (nSPS) is 12.0. The average Bonchev–Trinajstić information content (AvgIpc) is 3.89. The summed E-state index contributed by atoms with van der Waals surface area (Å²) >= 11 is 0. The number of hydrogen-bond acceptors (Lipinski definition) is 5. The molecule has 50 heavy (non-hydrogen) atoms. The van der Waals surface area contributed by atoms with E-state index in [2.05, 4.69) is 120 Å². The summed E-state index contributed by atoms with van der Waals surface area (Å²) < 4.78 is 19.6. The van der Waals surface area contributed by atoms with Crippen LogP contribution in [0.25, 0.3) is 88.0 Å². The van der Waals surface area contributed by atoms with Crippen LogP contribution in [0.5, 0.6) is 0 Å². The molecule has 3 aromatic heterocycles. The van der Waals surface area contributed by atoms with Gasteiger partial charge in [0.2, 0.25) is 5.89 Å². The number of para-hydroxylation sites is 2. The lowest BCUT2D eigenvalue weighted by Gasteiger charge is -2.26. The predicted molar refractivity (Wildman–Crippen MR) is 204 cm³/mol. The molecular weight excluding hydrogens is 617 g/mol. The van der Waals surface area contributed by atoms with Crippen LogP contribution >= 0.6 is 0 Å². The van der Waals surface area contributed by atoms with E-state index in [9.17, 15) is 0 Å². The molecule has 0 aliphatic carbocycles. The van der Waals surface area contributed by atoms with Gasteiger partial charge in [0.1, 0.15) is 22.3 Å². The van der Waals surface area contributed by atoms with Gasteiger partial charge in [-0.1, -0.05) is 97.1 Å². The van der Waals surface area contributed by atoms with Crippen LogP contribution in [0.15, 0.2) is 171 Å². The fourth-order valence-corrected chi connectivity index (χ4v) is 7.56. The number of aromatic nitrogens is 1. The van der Waals surface area contributed by atoms with Gasteiger partial charge in [0.15, 0.2) is 11.2 Å². The van der Waals surface area contributed by atoms with Gasteiger partial charge in [0.25, 0.3) is 0 Å². The minimum absolute atomic E-state index is 0.572. The fraction of sp³-hybridized carbons (Fsp3) is 0. The molecule has 5 heteroatoms. The van der Waals surface area contributed by atoms with Crippen molar-refractivity contribution in [1.82, 2.24) is 4.98 Å². The van der Waals surface area contributed by atoms with Gasteiger partial charge < -0.3 is 18.2 Å². The number of oxazole rings is 1. The van der Waals surface area contributed by atoms with E-state index in [0.717, 1.165) is 93.8 Å². The predicted octanol–water partition coefficient (Wildman–Crippen LogP) is 13.1. The zero-order valence-electron chi connectivity index (χ0n) is 26.6. The molecule has 3 heterocycles. The minimum Gasteiger partial charge on any atom is -0.456 e. The van der Waals surface area contributed by atoms with E-state index >= 15 is 0 Å². The highest BCUT2D eigenvalue weighted by Crippen LogP contribution is 2.45. The lowest BCUT2D eigenvalue weighted by atomic mass is 10.0. The molecule has 5 nitrogen and oxygen atoms in total. The molecule has 11 rings (SSSR count). The van der Waals surface area contributed by atoms with Gasteiger partial charge >= 0.3 is 0 Å². The molecule has 0 bridgehead atoms. The Hall–Kier alpha value is -6.85. The van der Waals surface area contributed by atoms with Gasteiger partial charge in [-0.25, -0.2) is 4.98 Å². The maximum Gasteiger partial charge on any atom is 0.228 e. The summed E-state index contributed by atoms with van der Waals surface area (Å²) in [5.74, 6) is 0.572. The number of nitrogens with zero attached hydrogens (tertiary/aromatic N) is 2. The molecule has 0 radical (unpaired) electrons. The highest BCUT2D eigenvalue weighted by molar-refractivity contribution is 6.14. The average molecular weight is 643 g/mol. The molecule has 234 valence electrons. The van der Waals surface area contributed by atoms with Crippen molar-refractivity contribution < 1.29 is 13.3 Å². The molecule has 0 atom stereocenters. The van der Waals surface area contributed by atoms with Crippen molar-refractivity contribution in [3.63, 3.8) is 0 Å². The monoisotopic (exact) mass is 642 g/mol. The second kappa shape index (κ2) is 10.3. The quantitative estimate of drug-likeness (QED) is 0.191. The molecule has 0 spiro atoms. The fourth-order valence-electron chi connectivity index (χ4n) is 7.56. The zero-order valence-corrected chi connectivity index (χ0v) is 26.6. The van der Waals surface area contributed by atoms with E-state index in [1.807, 2.05) is 42.5 Å². The first-order valence-corrected chi connectivity index (χ1v) is 16.7. The van der Waals surface area contributed by atoms with Gasteiger partial charge in [0.05, 0.1) is 11.4 Å². The van der Waals surface area contributed by atoms with E-state index in [-0.39, 0.29) is 0 Å². The third kappa shape index (κ3) is 3.98. The molecule has 0 amide bonds. The summed E-state index contributed by atoms with van der Waals surface area (Å²) in [4.78, 5) is 7.28. The van der Waals surface area contributed by atoms with Crippen LogP contribution in [0, 0.1) is 0 Å². The Kier molecular flexibility index (Phi) is 5.60. The van der Waals surface area contributed by atoms with Crippen molar-refractivity contribution in [3.05, 3.63) is 158 Å². The van der Waals surface area contributed by atoms with Crippen LogP contribution in [-0.2, 0) is 0 Å². The summed E-state index contributed by atoms with van der Waals surface area (Å²) in [5.41, 5.74) is 8.68. The number of rotatable bonds is 4. The van der Waals surface area contributed by atoms with Crippen molar-refractivity contribution in [2.24, 2.45) is 0 Å². The summed E-state index contributed by atoms with van der Waals surface area (Å²) in [6.45, 7) is 0. The first kappa shape index (κ1) is 27.1. The molecular formula is C45H26N2O3. The second-order valence-corrected chi connectivity index (χ2v) is 12.7. The second-order valence-electron chi connectivity index (χ2n) is 12.7. The summed E-state index contributed by atoms with van der Waals surface area (Å²) in [6, 6.07) is 54.4. The Morgan fingerprint density at radius 2 is 1.14 bits per heavy atom. The van der Waals surface area contributed by atoms with Crippen molar-refractivity contribution in [2.45, 2.75) is 0 Å². The lowest BCUT2D eigenvalue weighted by Crippen LogP contribution is -2.10. The molecule has 0 saturated carbocycles. The molecule has 0 unspecified atom stereocenters. The van der Waals surface area contributed by atoms with Crippen LogP contribution in [0.2, 0.25) is 0 Å². The molecule has 0 aliphatic heterocycles. The molecule has 0 aliphatic rings. The van der Waals surface area contributed by atoms with Gasteiger partial charge in [0, 0.05) is 44.2 Å². The van der Waals surface area contributed by atoms with Crippen molar-refractivity contribution in [1.29, 1.82) is 0 Å². The summed E-state index contributed by atoms with van der Waals surface area (Å²) in [6.07, 6.45) is 0. The van der Waals surface area contributed by atoms with Crippen molar-refractivity contribution in [2.75, 3.05) is 4.90 Å². The Morgan fingerprint density at radius 3 is 2.08 bits per heavy atom. The number of fused-ring (bicyclic) bond motifs is 10. The van der Waals surface area contributed by atoms with Crippen molar-refractivity contribution >= 4 is 93.6 Å².